The number of anilines is 2. The molecular weight excluding hydrogens is 240 g/mol. The summed E-state index contributed by atoms with van der Waals surface area (Å²) in [6.07, 6.45) is 9.20. The van der Waals surface area contributed by atoms with Crippen molar-refractivity contribution in [3.63, 3.8) is 0 Å². The van der Waals surface area contributed by atoms with E-state index in [9.17, 15) is 0 Å². The van der Waals surface area contributed by atoms with E-state index in [0.29, 0.717) is 5.82 Å². The molecule has 0 fully saturated rings. The van der Waals surface area contributed by atoms with E-state index in [1.807, 2.05) is 0 Å². The van der Waals surface area contributed by atoms with Crippen LogP contribution in [0.15, 0.2) is 12.3 Å². The van der Waals surface area contributed by atoms with Crippen molar-refractivity contribution in [1.82, 2.24) is 9.97 Å². The summed E-state index contributed by atoms with van der Waals surface area (Å²) < 4.78 is 5.44. The first kappa shape index (κ1) is 17.6. The van der Waals surface area contributed by atoms with Crippen LogP contribution in [0.25, 0.3) is 0 Å². The molecule has 110 valence electrons. The molecule has 0 saturated carbocycles. The molecule has 0 bridgehead atoms. The molecule has 0 saturated heterocycles. The second-order valence-corrected chi connectivity index (χ2v) is 4.37. The Hall–Kier alpha value is -1.36. The van der Waals surface area contributed by atoms with Gasteiger partial charge in [0.25, 0.3) is 0 Å². The van der Waals surface area contributed by atoms with Crippen LogP contribution in [0, 0.1) is 0 Å². The van der Waals surface area contributed by atoms with Gasteiger partial charge in [0.2, 0.25) is 5.95 Å². The number of rotatable bonds is 8. The molecule has 0 unspecified atom stereocenters. The van der Waals surface area contributed by atoms with Crippen molar-refractivity contribution in [2.45, 2.75) is 52.4 Å². The van der Waals surface area contributed by atoms with Crippen LogP contribution >= 0.6 is 0 Å². The van der Waals surface area contributed by atoms with Crippen molar-refractivity contribution < 1.29 is 4.74 Å². The number of nitrogens with zero attached hydrogens (tertiary/aromatic N) is 2. The lowest BCUT2D eigenvalue weighted by atomic mass is 10.2. The maximum absolute atomic E-state index is 5.44. The summed E-state index contributed by atoms with van der Waals surface area (Å²) >= 11 is 0. The average molecular weight is 268 g/mol. The van der Waals surface area contributed by atoms with Gasteiger partial charge in [0.15, 0.2) is 0 Å². The van der Waals surface area contributed by atoms with E-state index in [1.165, 1.54) is 44.7 Å². The summed E-state index contributed by atoms with van der Waals surface area (Å²) in [5, 5.41) is 0. The van der Waals surface area contributed by atoms with Gasteiger partial charge in [-0.05, 0) is 18.9 Å². The highest BCUT2D eigenvalue weighted by molar-refractivity contribution is 5.31. The van der Waals surface area contributed by atoms with Gasteiger partial charge in [-0.15, -0.1) is 0 Å². The Morgan fingerprint density at radius 3 is 1.95 bits per heavy atom. The van der Waals surface area contributed by atoms with Crippen molar-refractivity contribution in [3.05, 3.63) is 12.3 Å². The number of unbranched alkanes of at least 4 members (excludes halogenated alkanes) is 4. The van der Waals surface area contributed by atoms with Gasteiger partial charge >= 0.3 is 0 Å². The van der Waals surface area contributed by atoms with E-state index >= 15 is 0 Å². The Morgan fingerprint density at radius 1 is 1.00 bits per heavy atom. The Labute approximate surface area is 116 Å². The molecule has 19 heavy (non-hydrogen) atoms. The largest absolute Gasteiger partial charge is 0.384 e. The van der Waals surface area contributed by atoms with Gasteiger partial charge in [-0.25, -0.2) is 4.98 Å². The Morgan fingerprint density at radius 2 is 1.58 bits per heavy atom. The summed E-state index contributed by atoms with van der Waals surface area (Å²) in [4.78, 5) is 7.24. The van der Waals surface area contributed by atoms with Crippen molar-refractivity contribution >= 4 is 11.8 Å². The first-order valence-corrected chi connectivity index (χ1v) is 7.12. The van der Waals surface area contributed by atoms with Crippen LogP contribution < -0.4 is 11.5 Å². The molecule has 0 aliphatic heterocycles. The van der Waals surface area contributed by atoms with Crippen molar-refractivity contribution in [2.75, 3.05) is 24.7 Å². The van der Waals surface area contributed by atoms with Crippen molar-refractivity contribution in [2.24, 2.45) is 0 Å². The topological polar surface area (TPSA) is 87.0 Å². The van der Waals surface area contributed by atoms with E-state index in [0.717, 1.165) is 13.2 Å². The highest BCUT2D eigenvalue weighted by atomic mass is 16.5. The highest BCUT2D eigenvalue weighted by Crippen LogP contribution is 1.97. The normalized spacial score (nSPS) is 9.79. The number of hydrogen-bond acceptors (Lipinski definition) is 5. The van der Waals surface area contributed by atoms with Gasteiger partial charge in [-0.3, -0.25) is 0 Å². The molecular formula is C14H28N4O. The van der Waals surface area contributed by atoms with E-state index in [1.54, 1.807) is 6.07 Å². The molecule has 5 nitrogen and oxygen atoms in total. The average Bonchev–Trinajstić information content (AvgIpc) is 2.38. The Bertz CT molecular complexity index is 282. The monoisotopic (exact) mass is 268 g/mol. The van der Waals surface area contributed by atoms with Crippen LogP contribution in [-0.2, 0) is 4.74 Å². The minimum absolute atomic E-state index is 0.213. The molecule has 0 aromatic carbocycles. The Balaban J connectivity index is 0.000000356. The fourth-order valence-electron chi connectivity index (χ4n) is 1.40. The van der Waals surface area contributed by atoms with Gasteiger partial charge in [-0.2, -0.15) is 4.98 Å². The van der Waals surface area contributed by atoms with E-state index in [4.69, 9.17) is 16.2 Å². The lowest BCUT2D eigenvalue weighted by molar-refractivity contribution is 0.126. The van der Waals surface area contributed by atoms with Crippen LogP contribution in [0.2, 0.25) is 0 Å². The second-order valence-electron chi connectivity index (χ2n) is 4.37. The molecule has 0 aliphatic carbocycles. The molecule has 0 radical (unpaired) electrons. The van der Waals surface area contributed by atoms with E-state index in [-0.39, 0.29) is 5.95 Å². The second kappa shape index (κ2) is 13.1. The quantitative estimate of drug-likeness (QED) is 0.708. The van der Waals surface area contributed by atoms with Crippen LogP contribution in [-0.4, -0.2) is 23.2 Å². The molecule has 0 atom stereocenters. The molecule has 4 N–H and O–H groups in total. The third-order valence-corrected chi connectivity index (χ3v) is 2.48. The number of hydrogen-bond donors (Lipinski definition) is 2. The van der Waals surface area contributed by atoms with Gasteiger partial charge in [-0.1, -0.05) is 39.5 Å². The third-order valence-electron chi connectivity index (χ3n) is 2.48. The minimum Gasteiger partial charge on any atom is -0.384 e. The number of aromatic nitrogens is 2. The molecule has 1 aromatic rings. The maximum atomic E-state index is 5.44. The van der Waals surface area contributed by atoms with E-state index in [2.05, 4.69) is 23.8 Å². The molecule has 1 aromatic heterocycles. The first-order valence-electron chi connectivity index (χ1n) is 7.12. The zero-order chi connectivity index (χ0) is 14.3. The molecule has 1 rings (SSSR count). The van der Waals surface area contributed by atoms with Crippen LogP contribution in [0.1, 0.15) is 52.4 Å². The lowest BCUT2D eigenvalue weighted by Crippen LogP contribution is -1.96. The minimum atomic E-state index is 0.213. The molecule has 0 aliphatic rings. The van der Waals surface area contributed by atoms with Crippen LogP contribution in [0.5, 0.6) is 0 Å². The summed E-state index contributed by atoms with van der Waals surface area (Å²) in [5.74, 6) is 0.613. The highest BCUT2D eigenvalue weighted by Gasteiger charge is 1.88. The van der Waals surface area contributed by atoms with Gasteiger partial charge in [0, 0.05) is 19.4 Å². The lowest BCUT2D eigenvalue weighted by Gasteiger charge is -2.01. The van der Waals surface area contributed by atoms with Gasteiger partial charge in [0.05, 0.1) is 0 Å². The summed E-state index contributed by atoms with van der Waals surface area (Å²) in [6.45, 7) is 6.38. The molecule has 0 spiro atoms. The zero-order valence-electron chi connectivity index (χ0n) is 12.3. The SMILES string of the molecule is CCCCCOCCCCC.Nc1ccnc(N)n1. The third kappa shape index (κ3) is 12.9. The molecule has 1 heterocycles. The van der Waals surface area contributed by atoms with Gasteiger partial charge < -0.3 is 16.2 Å². The van der Waals surface area contributed by atoms with Crippen LogP contribution in [0.3, 0.4) is 0 Å². The summed E-state index contributed by atoms with van der Waals surface area (Å²) in [6, 6.07) is 1.58. The molecule has 5 heteroatoms. The Kier molecular flexibility index (Phi) is 12.1. The first-order chi connectivity index (χ1) is 9.20. The predicted molar refractivity (Wildman–Crippen MR) is 80.7 cm³/mol. The van der Waals surface area contributed by atoms with E-state index < -0.39 is 0 Å². The number of ether oxygens (including phenoxy) is 1. The number of nitrogens with two attached hydrogens (primary N) is 2. The van der Waals surface area contributed by atoms with Crippen molar-refractivity contribution in [1.29, 1.82) is 0 Å². The zero-order valence-corrected chi connectivity index (χ0v) is 12.3. The van der Waals surface area contributed by atoms with Gasteiger partial charge in [0.1, 0.15) is 5.82 Å². The fraction of sp³-hybridized carbons (Fsp3) is 0.714. The predicted octanol–water partition coefficient (Wildman–Crippen LogP) is 3.02. The smallest absolute Gasteiger partial charge is 0.221 e. The molecule has 0 amide bonds. The van der Waals surface area contributed by atoms with Crippen LogP contribution in [0.4, 0.5) is 11.8 Å². The fourth-order valence-corrected chi connectivity index (χ4v) is 1.40. The number of nitrogen functional groups attached to an aromatic ring is 2. The summed E-state index contributed by atoms with van der Waals surface area (Å²) in [5.41, 5.74) is 10.4. The summed E-state index contributed by atoms with van der Waals surface area (Å²) in [7, 11) is 0. The maximum Gasteiger partial charge on any atom is 0.221 e. The standard InChI is InChI=1S/C10H22O.C4H6N4/c1-3-5-7-9-11-10-8-6-4-2;5-3-1-2-7-4(6)8-3/h3-10H2,1-2H3;1-2H,(H4,5,6,7,8). The van der Waals surface area contributed by atoms with Crippen molar-refractivity contribution in [3.8, 4) is 0 Å².